The molecule has 3 aromatic rings. The quantitative estimate of drug-likeness (QED) is 0.666. The van der Waals surface area contributed by atoms with Crippen molar-refractivity contribution in [2.75, 3.05) is 6.61 Å². The molecule has 2 nitrogen and oxygen atoms in total. The molecule has 0 saturated heterocycles. The van der Waals surface area contributed by atoms with Gasteiger partial charge in [-0.3, -0.25) is 4.79 Å². The van der Waals surface area contributed by atoms with Gasteiger partial charge in [0.2, 0.25) is 5.78 Å². The Bertz CT molecular complexity index is 667. The minimum absolute atomic E-state index is 0.0310. The summed E-state index contributed by atoms with van der Waals surface area (Å²) in [4.78, 5) is 12.1. The fourth-order valence-corrected chi connectivity index (χ4v) is 3.68. The van der Waals surface area contributed by atoms with Gasteiger partial charge in [0.1, 0.15) is 5.75 Å². The van der Waals surface area contributed by atoms with E-state index < -0.39 is 0 Å². The van der Waals surface area contributed by atoms with Crippen LogP contribution in [0, 0.1) is 0 Å². The third kappa shape index (κ3) is 2.17. The van der Waals surface area contributed by atoms with Gasteiger partial charge in [0.25, 0.3) is 0 Å². The van der Waals surface area contributed by atoms with Gasteiger partial charge in [-0.25, -0.2) is 0 Å². The van der Waals surface area contributed by atoms with Gasteiger partial charge in [-0.2, -0.15) is 0 Å². The van der Waals surface area contributed by atoms with Crippen LogP contribution in [0.25, 0.3) is 9.40 Å². The van der Waals surface area contributed by atoms with Gasteiger partial charge in [0.15, 0.2) is 6.61 Å². The molecule has 2 aromatic heterocycles. The zero-order valence-corrected chi connectivity index (χ0v) is 11.1. The highest BCUT2D eigenvalue weighted by molar-refractivity contribution is 7.37. The third-order valence-electron chi connectivity index (χ3n) is 2.62. The molecule has 0 amide bonds. The van der Waals surface area contributed by atoms with Gasteiger partial charge >= 0.3 is 0 Å². The second-order valence-electron chi connectivity index (χ2n) is 3.80. The molecule has 90 valence electrons. The van der Waals surface area contributed by atoms with Gasteiger partial charge in [0.05, 0.1) is 4.01 Å². The standard InChI is InChI=1S/C14H10O2S2/c15-13(8-16-10-4-2-1-3-5-10)12-9-18-14-11(12)6-7-17-14/h1-7,9H,8H2. The van der Waals surface area contributed by atoms with Crippen LogP contribution in [0.1, 0.15) is 10.4 Å². The lowest BCUT2D eigenvalue weighted by Crippen LogP contribution is -2.10. The molecule has 0 saturated carbocycles. The molecule has 0 aliphatic carbocycles. The van der Waals surface area contributed by atoms with Crippen molar-refractivity contribution in [1.29, 1.82) is 0 Å². The number of para-hydroxylation sites is 1. The number of hydrogen-bond donors (Lipinski definition) is 0. The molecule has 0 bridgehead atoms. The van der Waals surface area contributed by atoms with Crippen molar-refractivity contribution in [3.63, 3.8) is 0 Å². The number of benzene rings is 1. The lowest BCUT2D eigenvalue weighted by Gasteiger charge is -2.04. The first kappa shape index (κ1) is 11.4. The first-order valence-corrected chi connectivity index (χ1v) is 7.26. The van der Waals surface area contributed by atoms with Crippen molar-refractivity contribution in [2.45, 2.75) is 0 Å². The number of carbonyl (C=O) groups excluding carboxylic acids is 1. The lowest BCUT2D eigenvalue weighted by atomic mass is 10.2. The summed E-state index contributed by atoms with van der Waals surface area (Å²) in [5.41, 5.74) is 0.771. The molecule has 18 heavy (non-hydrogen) atoms. The summed E-state index contributed by atoms with van der Waals surface area (Å²) in [6.45, 7) is 0.0890. The van der Waals surface area contributed by atoms with Crippen LogP contribution < -0.4 is 4.74 Å². The normalized spacial score (nSPS) is 10.7. The van der Waals surface area contributed by atoms with E-state index in [9.17, 15) is 4.79 Å². The summed E-state index contributed by atoms with van der Waals surface area (Å²) in [6.07, 6.45) is 0. The Balaban J connectivity index is 1.74. The Morgan fingerprint density at radius 3 is 2.78 bits per heavy atom. The van der Waals surface area contributed by atoms with Crippen molar-refractivity contribution in [1.82, 2.24) is 0 Å². The number of rotatable bonds is 4. The molecule has 0 unspecified atom stereocenters. The Morgan fingerprint density at radius 2 is 1.94 bits per heavy atom. The molecule has 0 aliphatic rings. The van der Waals surface area contributed by atoms with Crippen molar-refractivity contribution in [3.05, 3.63) is 52.7 Å². The highest BCUT2D eigenvalue weighted by Crippen LogP contribution is 2.31. The first-order valence-electron chi connectivity index (χ1n) is 5.50. The largest absolute Gasteiger partial charge is 0.485 e. The highest BCUT2D eigenvalue weighted by atomic mass is 32.2. The average Bonchev–Trinajstić information content (AvgIpc) is 2.99. The predicted octanol–water partition coefficient (Wildman–Crippen LogP) is 4.22. The minimum atomic E-state index is 0.0310. The summed E-state index contributed by atoms with van der Waals surface area (Å²) in [5.74, 6) is 0.756. The number of thiophene rings is 2. The number of fused-ring (bicyclic) bond motifs is 1. The molecule has 0 N–H and O–H groups in total. The number of ether oxygens (including phenoxy) is 1. The molecule has 1 aromatic carbocycles. The number of ketones is 1. The third-order valence-corrected chi connectivity index (χ3v) is 4.69. The Labute approximate surface area is 112 Å². The maximum atomic E-state index is 12.1. The maximum absolute atomic E-state index is 12.1. The van der Waals surface area contributed by atoms with Gasteiger partial charge in [0, 0.05) is 16.3 Å². The molecule has 0 fully saturated rings. The van der Waals surface area contributed by atoms with Crippen LogP contribution >= 0.6 is 22.7 Å². The zero-order valence-electron chi connectivity index (χ0n) is 9.46. The van der Waals surface area contributed by atoms with E-state index in [1.54, 1.807) is 22.7 Å². The second-order valence-corrected chi connectivity index (χ2v) is 5.85. The van der Waals surface area contributed by atoms with Crippen LogP contribution in [0.5, 0.6) is 5.75 Å². The topological polar surface area (TPSA) is 26.3 Å². The van der Waals surface area contributed by atoms with Crippen LogP contribution in [0.4, 0.5) is 0 Å². The van der Waals surface area contributed by atoms with Crippen molar-refractivity contribution in [3.8, 4) is 5.75 Å². The number of hydrogen-bond acceptors (Lipinski definition) is 4. The lowest BCUT2D eigenvalue weighted by molar-refractivity contribution is 0.0923. The van der Waals surface area contributed by atoms with Crippen LogP contribution in [0.3, 0.4) is 0 Å². The van der Waals surface area contributed by atoms with Crippen molar-refractivity contribution < 1.29 is 9.53 Å². The molecule has 0 radical (unpaired) electrons. The Kier molecular flexibility index (Phi) is 3.13. The second kappa shape index (κ2) is 4.92. The fourth-order valence-electron chi connectivity index (χ4n) is 1.72. The highest BCUT2D eigenvalue weighted by Gasteiger charge is 2.13. The van der Waals surface area contributed by atoms with E-state index >= 15 is 0 Å². The van der Waals surface area contributed by atoms with Crippen LogP contribution in [0.15, 0.2) is 47.2 Å². The van der Waals surface area contributed by atoms with Crippen LogP contribution in [0.2, 0.25) is 0 Å². The molecular weight excluding hydrogens is 264 g/mol. The van der Waals surface area contributed by atoms with Gasteiger partial charge in [-0.15, -0.1) is 22.7 Å². The van der Waals surface area contributed by atoms with Gasteiger partial charge in [-0.1, -0.05) is 18.2 Å². The van der Waals surface area contributed by atoms with Crippen molar-refractivity contribution >= 4 is 37.9 Å². The Morgan fingerprint density at radius 1 is 1.11 bits per heavy atom. The van der Waals surface area contributed by atoms with E-state index in [4.69, 9.17) is 4.74 Å². The van der Waals surface area contributed by atoms with Gasteiger partial charge in [-0.05, 0) is 23.6 Å². The van der Waals surface area contributed by atoms with E-state index in [0.717, 1.165) is 16.7 Å². The summed E-state index contributed by atoms with van der Waals surface area (Å²) in [7, 11) is 0. The van der Waals surface area contributed by atoms with E-state index in [2.05, 4.69) is 0 Å². The van der Waals surface area contributed by atoms with Crippen LogP contribution in [-0.4, -0.2) is 12.4 Å². The molecule has 0 spiro atoms. The predicted molar refractivity (Wildman–Crippen MR) is 76.0 cm³/mol. The zero-order chi connectivity index (χ0) is 12.4. The fraction of sp³-hybridized carbons (Fsp3) is 0.0714. The van der Waals surface area contributed by atoms with E-state index in [0.29, 0.717) is 0 Å². The summed E-state index contributed by atoms with van der Waals surface area (Å²) in [5, 5.41) is 4.97. The smallest absolute Gasteiger partial charge is 0.201 e. The van der Waals surface area contributed by atoms with E-state index in [1.807, 2.05) is 47.2 Å². The molecule has 3 rings (SSSR count). The molecule has 4 heteroatoms. The van der Waals surface area contributed by atoms with Gasteiger partial charge < -0.3 is 4.74 Å². The van der Waals surface area contributed by atoms with E-state index in [1.165, 1.54) is 4.01 Å². The molecule has 0 atom stereocenters. The minimum Gasteiger partial charge on any atom is -0.485 e. The summed E-state index contributed by atoms with van der Waals surface area (Å²) in [6, 6.07) is 11.4. The van der Waals surface area contributed by atoms with Crippen LogP contribution in [-0.2, 0) is 0 Å². The SMILES string of the molecule is O=C(COc1ccccc1)c1csc2sccc12. The molecule has 0 aliphatic heterocycles. The maximum Gasteiger partial charge on any atom is 0.201 e. The van der Waals surface area contributed by atoms with Crippen molar-refractivity contribution in [2.24, 2.45) is 0 Å². The Hall–Kier alpha value is -1.65. The number of carbonyl (C=O) groups is 1. The number of Topliss-reactive ketones (excluding diaryl/α,β-unsaturated/α-hetero) is 1. The summed E-state index contributed by atoms with van der Waals surface area (Å²) >= 11 is 3.28. The molecule has 2 heterocycles. The molecular formula is C14H10O2S2. The monoisotopic (exact) mass is 274 g/mol. The summed E-state index contributed by atoms with van der Waals surface area (Å²) < 4.78 is 6.67. The van der Waals surface area contributed by atoms with E-state index in [-0.39, 0.29) is 12.4 Å². The first-order chi connectivity index (χ1) is 8.84. The average molecular weight is 274 g/mol.